The van der Waals surface area contributed by atoms with Crippen LogP contribution < -0.4 is 0 Å². The largest absolute Gasteiger partial charge is 0.263 e. The molecule has 0 aliphatic rings. The van der Waals surface area contributed by atoms with Gasteiger partial charge >= 0.3 is 0 Å². The average Bonchev–Trinajstić information content (AvgIpc) is 2.74. The molecule has 0 aliphatic heterocycles. The zero-order valence-corrected chi connectivity index (χ0v) is 11.6. The molecule has 0 aliphatic carbocycles. The second kappa shape index (κ2) is 4.67. The van der Waals surface area contributed by atoms with Crippen molar-refractivity contribution >= 4 is 22.5 Å². The molecule has 19 heavy (non-hydrogen) atoms. The number of halogens is 1. The summed E-state index contributed by atoms with van der Waals surface area (Å²) in [5.41, 5.74) is 3.79. The molecule has 0 radical (unpaired) electrons. The fourth-order valence-electron chi connectivity index (χ4n) is 2.26. The van der Waals surface area contributed by atoms with Gasteiger partial charge in [-0.25, -0.2) is 0 Å². The number of rotatable bonds is 2. The van der Waals surface area contributed by atoms with Crippen LogP contribution in [0.25, 0.3) is 22.2 Å². The molecule has 0 N–H and O–H groups in total. The Hall–Kier alpha value is -1.87. The maximum atomic E-state index is 6.37. The molecule has 3 rings (SSSR count). The quantitative estimate of drug-likeness (QED) is 0.703. The third kappa shape index (κ3) is 2.00. The van der Waals surface area contributed by atoms with E-state index in [1.807, 2.05) is 36.0 Å². The van der Waals surface area contributed by atoms with Gasteiger partial charge in [-0.3, -0.25) is 9.67 Å². The Labute approximate surface area is 116 Å². The molecule has 3 aromatic rings. The van der Waals surface area contributed by atoms with E-state index in [4.69, 9.17) is 11.6 Å². The Morgan fingerprint density at radius 1 is 1.26 bits per heavy atom. The van der Waals surface area contributed by atoms with Gasteiger partial charge in [0.25, 0.3) is 0 Å². The predicted molar refractivity (Wildman–Crippen MR) is 78.4 cm³/mol. The molecule has 0 atom stereocenters. The molecule has 3 nitrogen and oxygen atoms in total. The summed E-state index contributed by atoms with van der Waals surface area (Å²) in [5.74, 6) is 0. The summed E-state index contributed by atoms with van der Waals surface area (Å²) in [6.07, 6.45) is 1.86. The molecule has 2 aromatic heterocycles. The molecule has 0 saturated carbocycles. The number of hydrogen-bond acceptors (Lipinski definition) is 2. The van der Waals surface area contributed by atoms with E-state index in [-0.39, 0.29) is 0 Å². The maximum Gasteiger partial charge on any atom is 0.0895 e. The van der Waals surface area contributed by atoms with Crippen LogP contribution in [0.2, 0.25) is 5.02 Å². The number of pyridine rings is 1. The average molecular weight is 272 g/mol. The fourth-order valence-corrected chi connectivity index (χ4v) is 2.51. The highest BCUT2D eigenvalue weighted by Gasteiger charge is 2.15. The van der Waals surface area contributed by atoms with Crippen LogP contribution in [-0.4, -0.2) is 14.8 Å². The molecule has 4 heteroatoms. The van der Waals surface area contributed by atoms with Gasteiger partial charge in [0.05, 0.1) is 21.9 Å². The minimum atomic E-state index is 0.707. The summed E-state index contributed by atoms with van der Waals surface area (Å²) in [7, 11) is 0. The van der Waals surface area contributed by atoms with Crippen molar-refractivity contribution in [2.24, 2.45) is 0 Å². The molecule has 0 fully saturated rings. The molecular formula is C15H14ClN3. The number of fused-ring (bicyclic) bond motifs is 1. The monoisotopic (exact) mass is 271 g/mol. The van der Waals surface area contributed by atoms with Crippen LogP contribution in [0.15, 0.2) is 36.5 Å². The van der Waals surface area contributed by atoms with Gasteiger partial charge in [0.15, 0.2) is 0 Å². The van der Waals surface area contributed by atoms with Crippen molar-refractivity contribution in [2.45, 2.75) is 20.4 Å². The van der Waals surface area contributed by atoms with E-state index in [0.29, 0.717) is 5.02 Å². The molecule has 96 valence electrons. The van der Waals surface area contributed by atoms with Crippen LogP contribution in [0, 0.1) is 6.92 Å². The van der Waals surface area contributed by atoms with Crippen molar-refractivity contribution in [1.82, 2.24) is 14.8 Å². The first-order valence-corrected chi connectivity index (χ1v) is 6.66. The van der Waals surface area contributed by atoms with E-state index in [1.165, 1.54) is 0 Å². The van der Waals surface area contributed by atoms with Crippen LogP contribution in [0.4, 0.5) is 0 Å². The summed E-state index contributed by atoms with van der Waals surface area (Å²) in [6, 6.07) is 10.2. The van der Waals surface area contributed by atoms with E-state index >= 15 is 0 Å². The Bertz CT molecular complexity index is 746. The highest BCUT2D eigenvalue weighted by Crippen LogP contribution is 2.31. The predicted octanol–water partition coefficient (Wildman–Crippen LogP) is 4.08. The van der Waals surface area contributed by atoms with Crippen molar-refractivity contribution in [3.8, 4) is 11.3 Å². The Morgan fingerprint density at radius 2 is 2.05 bits per heavy atom. The van der Waals surface area contributed by atoms with Crippen molar-refractivity contribution in [3.05, 3.63) is 47.2 Å². The van der Waals surface area contributed by atoms with Gasteiger partial charge in [-0.15, -0.1) is 0 Å². The maximum absolute atomic E-state index is 6.37. The van der Waals surface area contributed by atoms with Crippen LogP contribution in [-0.2, 0) is 6.54 Å². The van der Waals surface area contributed by atoms with Crippen LogP contribution in [0.3, 0.4) is 0 Å². The lowest BCUT2D eigenvalue weighted by Crippen LogP contribution is -1.99. The van der Waals surface area contributed by atoms with E-state index in [0.717, 1.165) is 34.4 Å². The third-order valence-corrected chi connectivity index (χ3v) is 3.67. The summed E-state index contributed by atoms with van der Waals surface area (Å²) in [6.45, 7) is 4.77. The number of hydrogen-bond donors (Lipinski definition) is 0. The highest BCUT2D eigenvalue weighted by molar-refractivity contribution is 6.33. The zero-order valence-electron chi connectivity index (χ0n) is 10.9. The number of aryl methyl sites for hydroxylation is 2. The van der Waals surface area contributed by atoms with Gasteiger partial charge < -0.3 is 0 Å². The van der Waals surface area contributed by atoms with Gasteiger partial charge in [0.2, 0.25) is 0 Å². The topological polar surface area (TPSA) is 30.7 Å². The number of benzene rings is 1. The number of aromatic nitrogens is 3. The van der Waals surface area contributed by atoms with Gasteiger partial charge in [-0.1, -0.05) is 29.8 Å². The summed E-state index contributed by atoms with van der Waals surface area (Å²) < 4.78 is 1.92. The smallest absolute Gasteiger partial charge is 0.0895 e. The van der Waals surface area contributed by atoms with E-state index in [9.17, 15) is 0 Å². The van der Waals surface area contributed by atoms with Crippen molar-refractivity contribution in [2.75, 3.05) is 0 Å². The first-order chi connectivity index (χ1) is 9.20. The second-order valence-electron chi connectivity index (χ2n) is 4.48. The minimum absolute atomic E-state index is 0.707. The van der Waals surface area contributed by atoms with E-state index in [1.54, 1.807) is 0 Å². The van der Waals surface area contributed by atoms with Crippen LogP contribution in [0.5, 0.6) is 0 Å². The second-order valence-corrected chi connectivity index (χ2v) is 4.86. The minimum Gasteiger partial charge on any atom is -0.263 e. The van der Waals surface area contributed by atoms with Crippen molar-refractivity contribution in [1.29, 1.82) is 0 Å². The highest BCUT2D eigenvalue weighted by atomic mass is 35.5. The number of para-hydroxylation sites is 1. The van der Waals surface area contributed by atoms with Crippen molar-refractivity contribution in [3.63, 3.8) is 0 Å². The normalized spacial score (nSPS) is 11.1. The van der Waals surface area contributed by atoms with Gasteiger partial charge in [-0.2, -0.15) is 5.10 Å². The molecule has 0 unspecified atom stereocenters. The lowest BCUT2D eigenvalue weighted by Gasteiger charge is -2.06. The Kier molecular flexibility index (Phi) is 2.99. The molecule has 2 heterocycles. The first-order valence-electron chi connectivity index (χ1n) is 6.28. The molecule has 0 amide bonds. The first kappa shape index (κ1) is 12.2. The molecule has 0 spiro atoms. The van der Waals surface area contributed by atoms with Gasteiger partial charge in [0, 0.05) is 23.7 Å². The lowest BCUT2D eigenvalue weighted by atomic mass is 10.1. The standard InChI is InChI=1S/C15H14ClN3/c1-3-19-15(14(16)10(2)18-19)12-8-11-6-4-5-7-13(11)17-9-12/h4-9H,3H2,1-2H3. The van der Waals surface area contributed by atoms with E-state index < -0.39 is 0 Å². The molecule has 0 saturated heterocycles. The van der Waals surface area contributed by atoms with Crippen LogP contribution in [0.1, 0.15) is 12.6 Å². The Balaban J connectivity index is 2.24. The summed E-state index contributed by atoms with van der Waals surface area (Å²) in [5, 5.41) is 6.26. The SMILES string of the molecule is CCn1nc(C)c(Cl)c1-c1cnc2ccccc2c1. The zero-order chi connectivity index (χ0) is 13.4. The fraction of sp³-hybridized carbons (Fsp3) is 0.200. The van der Waals surface area contributed by atoms with Crippen molar-refractivity contribution < 1.29 is 0 Å². The van der Waals surface area contributed by atoms with Gasteiger partial charge in [0.1, 0.15) is 0 Å². The number of nitrogens with zero attached hydrogens (tertiary/aromatic N) is 3. The van der Waals surface area contributed by atoms with E-state index in [2.05, 4.69) is 29.1 Å². The summed E-state index contributed by atoms with van der Waals surface area (Å²) >= 11 is 6.37. The Morgan fingerprint density at radius 3 is 2.84 bits per heavy atom. The summed E-state index contributed by atoms with van der Waals surface area (Å²) in [4.78, 5) is 4.48. The van der Waals surface area contributed by atoms with Gasteiger partial charge in [-0.05, 0) is 26.0 Å². The molecule has 1 aromatic carbocycles. The third-order valence-electron chi connectivity index (χ3n) is 3.22. The lowest BCUT2D eigenvalue weighted by molar-refractivity contribution is 0.660. The molecule has 0 bridgehead atoms. The van der Waals surface area contributed by atoms with Crippen LogP contribution >= 0.6 is 11.6 Å². The molecular weight excluding hydrogens is 258 g/mol.